The quantitative estimate of drug-likeness (QED) is 0.361. The van der Waals surface area contributed by atoms with E-state index in [1.165, 1.54) is 0 Å². The van der Waals surface area contributed by atoms with Gasteiger partial charge >= 0.3 is 8.80 Å². The first-order valence-corrected chi connectivity index (χ1v) is 5.54. The van der Waals surface area contributed by atoms with E-state index in [9.17, 15) is 0 Å². The lowest BCUT2D eigenvalue weighted by molar-refractivity contribution is 0.227. The maximum absolute atomic E-state index is 8.76. The summed E-state index contributed by atoms with van der Waals surface area (Å²) in [6.07, 6.45) is 0. The molecular weight excluding hydrogens is 174 g/mol. The lowest BCUT2D eigenvalue weighted by Crippen LogP contribution is -2.37. The molecule has 1 aromatic rings. The Morgan fingerprint density at radius 1 is 1.08 bits per heavy atom. The zero-order valence-corrected chi connectivity index (χ0v) is 7.44. The molecule has 0 atom stereocenters. The highest BCUT2D eigenvalue weighted by Crippen LogP contribution is 2.08. The Kier molecular flexibility index (Phi) is 2.48. The van der Waals surface area contributed by atoms with Gasteiger partial charge < -0.3 is 20.1 Å². The van der Waals surface area contributed by atoms with Crippen molar-refractivity contribution in [3.05, 3.63) is 29.8 Å². The molecule has 1 rings (SSSR count). The van der Waals surface area contributed by atoms with Crippen molar-refractivity contribution in [2.24, 2.45) is 0 Å². The molecule has 0 radical (unpaired) electrons. The summed E-state index contributed by atoms with van der Waals surface area (Å²) < 4.78 is 0. The number of hydrogen-bond donors (Lipinski definition) is 4. The van der Waals surface area contributed by atoms with Crippen molar-refractivity contribution >= 4 is 14.5 Å². The largest absolute Gasteiger partial charge is 0.497 e. The first-order valence-electron chi connectivity index (χ1n) is 3.49. The summed E-state index contributed by atoms with van der Waals surface area (Å²) >= 11 is 0. The number of nitrogens with two attached hydrogens (primary N) is 1. The lowest BCUT2D eigenvalue weighted by Gasteiger charge is -2.08. The highest BCUT2D eigenvalue weighted by Gasteiger charge is 2.26. The van der Waals surface area contributed by atoms with Crippen molar-refractivity contribution in [3.63, 3.8) is 0 Å². The van der Waals surface area contributed by atoms with Gasteiger partial charge in [0, 0.05) is 11.7 Å². The molecule has 0 aliphatic rings. The van der Waals surface area contributed by atoms with Crippen LogP contribution < -0.4 is 5.73 Å². The Labute approximate surface area is 71.3 Å². The first-order chi connectivity index (χ1) is 5.47. The van der Waals surface area contributed by atoms with Gasteiger partial charge in [0.25, 0.3) is 0 Å². The van der Waals surface area contributed by atoms with E-state index >= 15 is 0 Å². The zero-order chi connectivity index (χ0) is 9.19. The Morgan fingerprint density at radius 3 is 2.00 bits per heavy atom. The molecular formula is C7H11NO3Si. The van der Waals surface area contributed by atoms with Crippen LogP contribution in [0, 0.1) is 0 Å². The molecule has 4 nitrogen and oxygen atoms in total. The summed E-state index contributed by atoms with van der Waals surface area (Å²) in [5.74, 6) is 0. The van der Waals surface area contributed by atoms with Gasteiger partial charge in [-0.3, -0.25) is 0 Å². The second kappa shape index (κ2) is 3.24. The molecule has 0 bridgehead atoms. The Hall–Kier alpha value is -0.883. The fourth-order valence-electron chi connectivity index (χ4n) is 0.909. The topological polar surface area (TPSA) is 86.7 Å². The third-order valence-electron chi connectivity index (χ3n) is 1.42. The molecule has 0 heterocycles. The minimum absolute atomic E-state index is 0.0900. The highest BCUT2D eigenvalue weighted by atomic mass is 28.4. The van der Waals surface area contributed by atoms with Crippen LogP contribution in [0.25, 0.3) is 0 Å². The predicted octanol–water partition coefficient (Wildman–Crippen LogP) is -0.734. The zero-order valence-electron chi connectivity index (χ0n) is 6.44. The van der Waals surface area contributed by atoms with Gasteiger partial charge in [0.15, 0.2) is 0 Å². The molecule has 0 aromatic heterocycles. The molecule has 66 valence electrons. The normalized spacial score (nSPS) is 11.6. The molecule has 0 aliphatic heterocycles. The van der Waals surface area contributed by atoms with Gasteiger partial charge in [0.1, 0.15) is 0 Å². The summed E-state index contributed by atoms with van der Waals surface area (Å²) in [6.45, 7) is 0. The molecule has 0 aliphatic carbocycles. The third kappa shape index (κ3) is 3.01. The van der Waals surface area contributed by atoms with E-state index in [1.54, 1.807) is 24.3 Å². The van der Waals surface area contributed by atoms with Crippen LogP contribution in [0.5, 0.6) is 0 Å². The number of hydrogen-bond acceptors (Lipinski definition) is 4. The van der Waals surface area contributed by atoms with Crippen LogP contribution in [-0.4, -0.2) is 23.2 Å². The molecule has 0 saturated heterocycles. The fraction of sp³-hybridized carbons (Fsp3) is 0.143. The third-order valence-corrected chi connectivity index (χ3v) is 2.30. The Bertz CT molecular complexity index is 254. The van der Waals surface area contributed by atoms with Crippen molar-refractivity contribution in [1.29, 1.82) is 0 Å². The molecule has 0 saturated carbocycles. The van der Waals surface area contributed by atoms with E-state index in [4.69, 9.17) is 20.1 Å². The van der Waals surface area contributed by atoms with Crippen LogP contribution in [0.2, 0.25) is 0 Å². The monoisotopic (exact) mass is 185 g/mol. The Morgan fingerprint density at radius 2 is 1.58 bits per heavy atom. The summed E-state index contributed by atoms with van der Waals surface area (Å²) in [7, 11) is -3.96. The van der Waals surface area contributed by atoms with Gasteiger partial charge in [0.05, 0.1) is 0 Å². The van der Waals surface area contributed by atoms with Gasteiger partial charge in [0.2, 0.25) is 0 Å². The molecule has 0 amide bonds. The van der Waals surface area contributed by atoms with E-state index in [0.717, 1.165) is 0 Å². The summed E-state index contributed by atoms with van der Waals surface area (Å²) in [5.41, 5.74) is 6.70. The van der Waals surface area contributed by atoms with Crippen LogP contribution in [0.3, 0.4) is 0 Å². The number of nitrogen functional groups attached to an aromatic ring is 1. The van der Waals surface area contributed by atoms with Crippen LogP contribution in [0.15, 0.2) is 24.3 Å². The van der Waals surface area contributed by atoms with E-state index in [-0.39, 0.29) is 6.04 Å². The fourth-order valence-corrected chi connectivity index (χ4v) is 1.69. The summed E-state index contributed by atoms with van der Waals surface area (Å²) in [6, 6.07) is 6.51. The molecule has 0 unspecified atom stereocenters. The van der Waals surface area contributed by atoms with Gasteiger partial charge in [-0.15, -0.1) is 0 Å². The Balaban J connectivity index is 2.71. The second-order valence-electron chi connectivity index (χ2n) is 2.69. The second-order valence-corrected chi connectivity index (χ2v) is 4.59. The highest BCUT2D eigenvalue weighted by molar-refractivity contribution is 6.55. The smallest absolute Gasteiger partial charge is 0.399 e. The first kappa shape index (κ1) is 9.21. The van der Waals surface area contributed by atoms with Crippen molar-refractivity contribution in [1.82, 2.24) is 0 Å². The number of rotatable bonds is 2. The van der Waals surface area contributed by atoms with Crippen molar-refractivity contribution in [2.75, 3.05) is 5.73 Å². The lowest BCUT2D eigenvalue weighted by atomic mass is 10.2. The molecule has 1 aromatic carbocycles. The average molecular weight is 185 g/mol. The average Bonchev–Trinajstić information content (AvgIpc) is 1.91. The van der Waals surface area contributed by atoms with Crippen molar-refractivity contribution in [2.45, 2.75) is 6.04 Å². The maximum atomic E-state index is 8.76. The van der Waals surface area contributed by atoms with Gasteiger partial charge in [-0.05, 0) is 17.7 Å². The SMILES string of the molecule is Nc1ccc(C[Si](O)(O)O)cc1. The van der Waals surface area contributed by atoms with Gasteiger partial charge in [-0.25, -0.2) is 0 Å². The van der Waals surface area contributed by atoms with Crippen molar-refractivity contribution in [3.8, 4) is 0 Å². The van der Waals surface area contributed by atoms with E-state index in [2.05, 4.69) is 0 Å². The van der Waals surface area contributed by atoms with Crippen LogP contribution in [0.4, 0.5) is 5.69 Å². The van der Waals surface area contributed by atoms with E-state index < -0.39 is 8.80 Å². The van der Waals surface area contributed by atoms with Crippen LogP contribution >= 0.6 is 0 Å². The predicted molar refractivity (Wildman–Crippen MR) is 47.0 cm³/mol. The molecule has 5 N–H and O–H groups in total. The molecule has 5 heteroatoms. The maximum Gasteiger partial charge on any atom is 0.497 e. The molecule has 0 spiro atoms. The number of benzene rings is 1. The molecule has 0 fully saturated rings. The van der Waals surface area contributed by atoms with Crippen molar-refractivity contribution < 1.29 is 14.4 Å². The van der Waals surface area contributed by atoms with E-state index in [0.29, 0.717) is 11.3 Å². The van der Waals surface area contributed by atoms with Gasteiger partial charge in [-0.2, -0.15) is 0 Å². The summed E-state index contributed by atoms with van der Waals surface area (Å²) in [5, 5.41) is 0. The van der Waals surface area contributed by atoms with Crippen LogP contribution in [0.1, 0.15) is 5.56 Å². The standard InChI is InChI=1S/C7H11NO3Si/c8-7-3-1-6(2-4-7)5-12(9,10)11/h1-4,9-11H,5,8H2. The minimum atomic E-state index is -3.96. The van der Waals surface area contributed by atoms with E-state index in [1.807, 2.05) is 0 Å². The minimum Gasteiger partial charge on any atom is -0.399 e. The number of anilines is 1. The van der Waals surface area contributed by atoms with Gasteiger partial charge in [-0.1, -0.05) is 12.1 Å². The molecule has 12 heavy (non-hydrogen) atoms. The summed E-state index contributed by atoms with van der Waals surface area (Å²) in [4.78, 5) is 26.3. The van der Waals surface area contributed by atoms with Crippen LogP contribution in [-0.2, 0) is 6.04 Å².